The predicted molar refractivity (Wildman–Crippen MR) is 130 cm³/mol. The highest BCUT2D eigenvalue weighted by Gasteiger charge is 2.47. The molecule has 2 bridgehead atoms. The lowest BCUT2D eigenvalue weighted by Gasteiger charge is -2.54. The Bertz CT molecular complexity index is 1110. The van der Waals surface area contributed by atoms with Crippen LogP contribution >= 0.6 is 0 Å². The zero-order chi connectivity index (χ0) is 23.2. The number of amides is 1. The third kappa shape index (κ3) is 3.61. The molecule has 1 amide bonds. The monoisotopic (exact) mass is 462 g/mol. The molecule has 0 saturated carbocycles. The number of carbonyl (C=O) groups is 1. The van der Waals surface area contributed by atoms with Gasteiger partial charge in [-0.3, -0.25) is 14.8 Å². The number of nitrogens with one attached hydrogen (secondary N) is 1. The van der Waals surface area contributed by atoms with Gasteiger partial charge in [0.2, 0.25) is 0 Å². The highest BCUT2D eigenvalue weighted by Crippen LogP contribution is 2.45. The van der Waals surface area contributed by atoms with Crippen molar-refractivity contribution < 1.29 is 14.3 Å². The minimum atomic E-state index is 0.0639. The van der Waals surface area contributed by atoms with Crippen molar-refractivity contribution >= 4 is 5.91 Å². The van der Waals surface area contributed by atoms with Crippen molar-refractivity contribution in [2.45, 2.75) is 50.6 Å². The molecule has 0 spiro atoms. The van der Waals surface area contributed by atoms with E-state index in [9.17, 15) is 4.79 Å². The number of piperidine rings is 3. The molecule has 4 aliphatic rings. The van der Waals surface area contributed by atoms with Crippen LogP contribution < -0.4 is 9.47 Å². The molecule has 1 aromatic carbocycles. The summed E-state index contributed by atoms with van der Waals surface area (Å²) >= 11 is 0. The highest BCUT2D eigenvalue weighted by molar-refractivity contribution is 5.94. The Labute approximate surface area is 201 Å². The van der Waals surface area contributed by atoms with Gasteiger partial charge in [-0.1, -0.05) is 18.1 Å². The zero-order valence-electron chi connectivity index (χ0n) is 20.1. The van der Waals surface area contributed by atoms with Crippen molar-refractivity contribution in [1.82, 2.24) is 20.0 Å². The van der Waals surface area contributed by atoms with E-state index in [1.165, 1.54) is 37.8 Å². The summed E-state index contributed by atoms with van der Waals surface area (Å²) in [5.41, 5.74) is 3.68. The molecule has 2 aromatic rings. The summed E-state index contributed by atoms with van der Waals surface area (Å²) in [6.07, 6.45) is 9.96. The maximum Gasteiger partial charge on any atom is 0.272 e. The first-order valence-electron chi connectivity index (χ1n) is 12.7. The summed E-state index contributed by atoms with van der Waals surface area (Å²) in [6, 6.07) is 8.51. The van der Waals surface area contributed by atoms with Crippen molar-refractivity contribution in [2.75, 3.05) is 33.9 Å². The van der Waals surface area contributed by atoms with Crippen molar-refractivity contribution in [1.29, 1.82) is 0 Å². The van der Waals surface area contributed by atoms with E-state index in [0.717, 1.165) is 43.2 Å². The molecule has 180 valence electrons. The number of likely N-dealkylation sites (tertiary alicyclic amines) is 1. The van der Waals surface area contributed by atoms with Gasteiger partial charge in [0.05, 0.1) is 26.0 Å². The first-order chi connectivity index (χ1) is 16.7. The molecule has 2 unspecified atom stereocenters. The summed E-state index contributed by atoms with van der Waals surface area (Å²) in [6.45, 7) is 3.17. The van der Waals surface area contributed by atoms with Crippen LogP contribution in [0.25, 0.3) is 11.3 Å². The van der Waals surface area contributed by atoms with Crippen LogP contribution in [0.2, 0.25) is 0 Å². The van der Waals surface area contributed by atoms with Gasteiger partial charge in [-0.05, 0) is 74.8 Å². The molecule has 1 aliphatic carbocycles. The molecule has 34 heavy (non-hydrogen) atoms. The second kappa shape index (κ2) is 8.77. The molecule has 3 fully saturated rings. The summed E-state index contributed by atoms with van der Waals surface area (Å²) in [4.78, 5) is 18.6. The van der Waals surface area contributed by atoms with E-state index in [0.29, 0.717) is 29.0 Å². The van der Waals surface area contributed by atoms with Gasteiger partial charge in [-0.2, -0.15) is 5.10 Å². The van der Waals surface area contributed by atoms with Gasteiger partial charge in [-0.15, -0.1) is 0 Å². The van der Waals surface area contributed by atoms with Crippen LogP contribution in [0.15, 0.2) is 35.9 Å². The number of carbonyl (C=O) groups excluding carboxylic acids is 1. The average molecular weight is 463 g/mol. The van der Waals surface area contributed by atoms with Gasteiger partial charge < -0.3 is 14.4 Å². The van der Waals surface area contributed by atoms with Gasteiger partial charge in [-0.25, -0.2) is 0 Å². The molecule has 0 radical (unpaired) electrons. The summed E-state index contributed by atoms with van der Waals surface area (Å²) < 4.78 is 10.8. The molecule has 7 heteroatoms. The lowest BCUT2D eigenvalue weighted by atomic mass is 9.68. The van der Waals surface area contributed by atoms with Crippen molar-refractivity contribution in [2.24, 2.45) is 11.8 Å². The van der Waals surface area contributed by atoms with Crippen LogP contribution in [0.3, 0.4) is 0 Å². The van der Waals surface area contributed by atoms with E-state index < -0.39 is 0 Å². The third-order valence-electron chi connectivity index (χ3n) is 8.41. The van der Waals surface area contributed by atoms with Gasteiger partial charge in [0.1, 0.15) is 5.69 Å². The molecule has 3 saturated heterocycles. The number of aromatic nitrogens is 2. The fraction of sp³-hybridized carbons (Fsp3) is 0.556. The second-order valence-electron chi connectivity index (χ2n) is 10.2. The van der Waals surface area contributed by atoms with Gasteiger partial charge >= 0.3 is 0 Å². The predicted octanol–water partition coefficient (Wildman–Crippen LogP) is 4.13. The molecule has 1 N–H and O–H groups in total. The maximum absolute atomic E-state index is 13.7. The molecule has 7 nitrogen and oxygen atoms in total. The molecule has 3 aliphatic heterocycles. The summed E-state index contributed by atoms with van der Waals surface area (Å²) in [5, 5.41) is 7.48. The fourth-order valence-corrected chi connectivity index (χ4v) is 6.93. The second-order valence-corrected chi connectivity index (χ2v) is 10.2. The number of aromatic amines is 1. The number of benzene rings is 1. The maximum atomic E-state index is 13.7. The number of hydrogen-bond acceptors (Lipinski definition) is 5. The Hall–Kier alpha value is -2.80. The number of rotatable bonds is 4. The van der Waals surface area contributed by atoms with Crippen molar-refractivity contribution in [3.05, 3.63) is 41.6 Å². The number of ether oxygens (including phenoxy) is 2. The zero-order valence-corrected chi connectivity index (χ0v) is 20.1. The topological polar surface area (TPSA) is 70.7 Å². The van der Waals surface area contributed by atoms with E-state index in [-0.39, 0.29) is 11.9 Å². The van der Waals surface area contributed by atoms with Gasteiger partial charge in [0, 0.05) is 24.7 Å². The first kappa shape index (κ1) is 21.7. The van der Waals surface area contributed by atoms with Crippen LogP contribution in [0, 0.1) is 11.8 Å². The smallest absolute Gasteiger partial charge is 0.272 e. The van der Waals surface area contributed by atoms with Crippen LogP contribution in [0.4, 0.5) is 0 Å². The standard InChI is InChI=1S/C27H34N4O3/c1-33-24-9-8-17(14-25(24)34-2)21-15-22(29-28-21)27(32)31-11-5-6-18-12-19-13-20(26(18)31)16-30-10-4-3-7-23(19)30/h8-9,12,14-15,19-20,23,26H,3-7,10-11,13,16H2,1-2H3,(H,28,29)/t19?,20?,23-,26-/m1/s1. The molecule has 4 atom stereocenters. The van der Waals surface area contributed by atoms with Gasteiger partial charge in [0.25, 0.3) is 5.91 Å². The number of hydrogen-bond donors (Lipinski definition) is 1. The van der Waals surface area contributed by atoms with Crippen LogP contribution in [-0.4, -0.2) is 71.8 Å². The Morgan fingerprint density at radius 1 is 1.09 bits per heavy atom. The minimum absolute atomic E-state index is 0.0639. The quantitative estimate of drug-likeness (QED) is 0.692. The van der Waals surface area contributed by atoms with E-state index in [1.807, 2.05) is 24.3 Å². The summed E-state index contributed by atoms with van der Waals surface area (Å²) in [7, 11) is 3.24. The average Bonchev–Trinajstić information content (AvgIpc) is 3.38. The molecule has 1 aromatic heterocycles. The van der Waals surface area contributed by atoms with E-state index in [1.54, 1.807) is 14.2 Å². The SMILES string of the molecule is COc1ccc(-c2cc(C(=O)N3CCCC4=CC5CC(CN6CCCC[C@H]56)[C@@H]43)[nH]n2)cc1OC. The fourth-order valence-electron chi connectivity index (χ4n) is 6.93. The Morgan fingerprint density at radius 2 is 1.97 bits per heavy atom. The number of fused-ring (bicyclic) bond motifs is 6. The lowest BCUT2D eigenvalue weighted by molar-refractivity contribution is 0.00131. The minimum Gasteiger partial charge on any atom is -0.493 e. The molecule has 6 rings (SSSR count). The van der Waals surface area contributed by atoms with E-state index in [2.05, 4.69) is 26.1 Å². The molecule has 4 heterocycles. The highest BCUT2D eigenvalue weighted by atomic mass is 16.5. The molecular formula is C27H34N4O3. The Morgan fingerprint density at radius 3 is 2.82 bits per heavy atom. The van der Waals surface area contributed by atoms with Crippen LogP contribution in [0.5, 0.6) is 11.5 Å². The Balaban J connectivity index is 1.26. The first-order valence-corrected chi connectivity index (χ1v) is 12.7. The van der Waals surface area contributed by atoms with Crippen LogP contribution in [-0.2, 0) is 0 Å². The van der Waals surface area contributed by atoms with Crippen molar-refractivity contribution in [3.8, 4) is 22.8 Å². The van der Waals surface area contributed by atoms with Crippen LogP contribution in [0.1, 0.15) is 49.0 Å². The lowest BCUT2D eigenvalue weighted by Crippen LogP contribution is -2.60. The van der Waals surface area contributed by atoms with Gasteiger partial charge in [0.15, 0.2) is 11.5 Å². The van der Waals surface area contributed by atoms with Crippen molar-refractivity contribution in [3.63, 3.8) is 0 Å². The normalized spacial score (nSPS) is 28.5. The summed E-state index contributed by atoms with van der Waals surface area (Å²) in [5.74, 6) is 2.59. The van der Waals surface area contributed by atoms with E-state index in [4.69, 9.17) is 9.47 Å². The number of H-pyrrole nitrogens is 1. The third-order valence-corrected chi connectivity index (χ3v) is 8.41. The largest absolute Gasteiger partial charge is 0.493 e. The van der Waals surface area contributed by atoms with E-state index >= 15 is 0 Å². The Kier molecular flexibility index (Phi) is 5.60. The number of methoxy groups -OCH3 is 2. The molecular weight excluding hydrogens is 428 g/mol. The number of nitrogens with zero attached hydrogens (tertiary/aromatic N) is 3.